The summed E-state index contributed by atoms with van der Waals surface area (Å²) in [5.41, 5.74) is 6.30. The fourth-order valence-corrected chi connectivity index (χ4v) is 1.97. The van der Waals surface area contributed by atoms with Gasteiger partial charge in [-0.25, -0.2) is 0 Å². The summed E-state index contributed by atoms with van der Waals surface area (Å²) < 4.78 is 5.76. The summed E-state index contributed by atoms with van der Waals surface area (Å²) in [6, 6.07) is 5.74. The molecule has 0 saturated carbocycles. The molecule has 16 heavy (non-hydrogen) atoms. The van der Waals surface area contributed by atoms with Crippen molar-refractivity contribution in [1.29, 1.82) is 5.41 Å². The first-order valence-corrected chi connectivity index (χ1v) is 6.50. The van der Waals surface area contributed by atoms with E-state index < -0.39 is 0 Å². The second-order valence-electron chi connectivity index (χ2n) is 3.58. The predicted molar refractivity (Wildman–Crippen MR) is 69.6 cm³/mol. The summed E-state index contributed by atoms with van der Waals surface area (Å²) in [5, 5.41) is 7.61. The van der Waals surface area contributed by atoms with E-state index in [2.05, 4.69) is 6.92 Å². The fourth-order valence-electron chi connectivity index (χ4n) is 1.34. The largest absolute Gasteiger partial charge is 0.490 e. The van der Waals surface area contributed by atoms with Gasteiger partial charge in [-0.1, -0.05) is 13.0 Å². The number of nitrogens with one attached hydrogen (secondary N) is 1. The molecule has 0 aromatic heterocycles. The van der Waals surface area contributed by atoms with E-state index in [9.17, 15) is 0 Å². The molecule has 4 heteroatoms. The van der Waals surface area contributed by atoms with Crippen LogP contribution in [0.2, 0.25) is 0 Å². The number of ether oxygens (including phenoxy) is 1. The first-order valence-electron chi connectivity index (χ1n) is 5.28. The van der Waals surface area contributed by atoms with Crippen molar-refractivity contribution in [3.05, 3.63) is 23.8 Å². The Morgan fingerprint density at radius 3 is 2.75 bits per heavy atom. The van der Waals surface area contributed by atoms with Crippen molar-refractivity contribution in [3.63, 3.8) is 0 Å². The molecule has 0 saturated heterocycles. The van der Waals surface area contributed by atoms with Crippen LogP contribution in [-0.2, 0) is 0 Å². The number of amidine groups is 1. The lowest BCUT2D eigenvalue weighted by Gasteiger charge is -2.17. The van der Waals surface area contributed by atoms with Crippen LogP contribution in [0, 0.1) is 5.41 Å². The summed E-state index contributed by atoms with van der Waals surface area (Å²) >= 11 is 1.57. The Morgan fingerprint density at radius 2 is 2.25 bits per heavy atom. The van der Waals surface area contributed by atoms with E-state index in [-0.39, 0.29) is 11.9 Å². The molecule has 1 atom stereocenters. The molecule has 0 bridgehead atoms. The first-order chi connectivity index (χ1) is 7.60. The Labute approximate surface area is 101 Å². The zero-order chi connectivity index (χ0) is 12.1. The normalized spacial score (nSPS) is 12.2. The quantitative estimate of drug-likeness (QED) is 0.471. The number of nitrogen functional groups attached to an aromatic ring is 1. The van der Waals surface area contributed by atoms with E-state index in [0.717, 1.165) is 11.3 Å². The van der Waals surface area contributed by atoms with Crippen LogP contribution in [0.15, 0.2) is 23.1 Å². The van der Waals surface area contributed by atoms with Crippen molar-refractivity contribution in [2.45, 2.75) is 31.3 Å². The number of nitrogens with two attached hydrogens (primary N) is 1. The van der Waals surface area contributed by atoms with Crippen LogP contribution in [-0.4, -0.2) is 18.2 Å². The molecule has 3 N–H and O–H groups in total. The molecule has 0 aliphatic rings. The maximum absolute atomic E-state index is 7.61. The third-order valence-corrected chi connectivity index (χ3v) is 3.16. The summed E-state index contributed by atoms with van der Waals surface area (Å²) in [4.78, 5) is 0.980. The second-order valence-corrected chi connectivity index (χ2v) is 4.43. The van der Waals surface area contributed by atoms with Crippen molar-refractivity contribution in [2.24, 2.45) is 5.73 Å². The summed E-state index contributed by atoms with van der Waals surface area (Å²) in [5.74, 6) is 0.761. The maximum Gasteiger partial charge on any atom is 0.131 e. The van der Waals surface area contributed by atoms with Gasteiger partial charge in [-0.3, -0.25) is 5.41 Å². The van der Waals surface area contributed by atoms with Crippen LogP contribution in [0.4, 0.5) is 0 Å². The molecule has 0 fully saturated rings. The maximum atomic E-state index is 7.61. The topological polar surface area (TPSA) is 59.1 Å². The van der Waals surface area contributed by atoms with Crippen molar-refractivity contribution >= 4 is 17.6 Å². The van der Waals surface area contributed by atoms with Gasteiger partial charge in [-0.2, -0.15) is 0 Å². The van der Waals surface area contributed by atoms with Crippen LogP contribution in [0.1, 0.15) is 25.8 Å². The molecule has 0 radical (unpaired) electrons. The number of hydrogen-bond donors (Lipinski definition) is 2. The molecule has 0 aliphatic carbocycles. The molecule has 1 aromatic rings. The van der Waals surface area contributed by atoms with Crippen LogP contribution >= 0.6 is 11.8 Å². The van der Waals surface area contributed by atoms with Crippen LogP contribution in [0.25, 0.3) is 0 Å². The highest BCUT2D eigenvalue weighted by Crippen LogP contribution is 2.29. The first kappa shape index (κ1) is 12.9. The van der Waals surface area contributed by atoms with Crippen LogP contribution in [0.5, 0.6) is 5.75 Å². The van der Waals surface area contributed by atoms with Crippen molar-refractivity contribution in [3.8, 4) is 5.75 Å². The SMILES string of the molecule is CCC(C)Oc1cccc(SC)c1C(=N)N. The zero-order valence-corrected chi connectivity index (χ0v) is 10.7. The standard InChI is InChI=1S/C12H18N2OS/c1-4-8(2)15-9-6-5-7-10(16-3)11(9)12(13)14/h5-8H,4H2,1-3H3,(H3,13,14). The minimum Gasteiger partial charge on any atom is -0.490 e. The van der Waals surface area contributed by atoms with E-state index in [1.54, 1.807) is 11.8 Å². The van der Waals surface area contributed by atoms with Crippen molar-refractivity contribution < 1.29 is 4.74 Å². The Morgan fingerprint density at radius 1 is 1.56 bits per heavy atom. The molecule has 1 unspecified atom stereocenters. The minimum absolute atomic E-state index is 0.0586. The lowest BCUT2D eigenvalue weighted by Crippen LogP contribution is -2.17. The van der Waals surface area contributed by atoms with E-state index >= 15 is 0 Å². The average molecular weight is 238 g/mol. The Kier molecular flexibility index (Phi) is 4.68. The molecule has 0 amide bonds. The molecule has 1 rings (SSSR count). The highest BCUT2D eigenvalue weighted by Gasteiger charge is 2.13. The highest BCUT2D eigenvalue weighted by molar-refractivity contribution is 7.98. The Bertz CT molecular complexity index is 379. The molecule has 3 nitrogen and oxygen atoms in total. The Hall–Kier alpha value is -1.16. The lowest BCUT2D eigenvalue weighted by molar-refractivity contribution is 0.216. The van der Waals surface area contributed by atoms with Gasteiger partial charge in [-0.05, 0) is 31.7 Å². The van der Waals surface area contributed by atoms with Gasteiger partial charge in [-0.15, -0.1) is 11.8 Å². The number of thioether (sulfide) groups is 1. The predicted octanol–water partition coefficient (Wildman–Crippen LogP) is 2.87. The smallest absolute Gasteiger partial charge is 0.131 e. The number of rotatable bonds is 5. The number of benzene rings is 1. The van der Waals surface area contributed by atoms with E-state index in [1.165, 1.54) is 0 Å². The summed E-state index contributed by atoms with van der Waals surface area (Å²) in [7, 11) is 0. The molecule has 0 spiro atoms. The van der Waals surface area contributed by atoms with Gasteiger partial charge in [0.1, 0.15) is 11.6 Å². The molecule has 1 aromatic carbocycles. The molecule has 0 aliphatic heterocycles. The van der Waals surface area contributed by atoms with Crippen LogP contribution < -0.4 is 10.5 Å². The molecular formula is C12H18N2OS. The van der Waals surface area contributed by atoms with Gasteiger partial charge in [0.25, 0.3) is 0 Å². The van der Waals surface area contributed by atoms with E-state index in [0.29, 0.717) is 11.3 Å². The zero-order valence-electron chi connectivity index (χ0n) is 9.91. The third kappa shape index (κ3) is 2.92. The van der Waals surface area contributed by atoms with Gasteiger partial charge >= 0.3 is 0 Å². The summed E-state index contributed by atoms with van der Waals surface area (Å²) in [6.07, 6.45) is 3.03. The van der Waals surface area contributed by atoms with Crippen molar-refractivity contribution in [1.82, 2.24) is 0 Å². The number of hydrogen-bond acceptors (Lipinski definition) is 3. The third-order valence-electron chi connectivity index (χ3n) is 2.38. The van der Waals surface area contributed by atoms with Gasteiger partial charge in [0, 0.05) is 4.90 Å². The van der Waals surface area contributed by atoms with Crippen LogP contribution in [0.3, 0.4) is 0 Å². The average Bonchev–Trinajstić information content (AvgIpc) is 2.28. The van der Waals surface area contributed by atoms with Gasteiger partial charge < -0.3 is 10.5 Å². The van der Waals surface area contributed by atoms with Crippen molar-refractivity contribution in [2.75, 3.05) is 6.26 Å². The van der Waals surface area contributed by atoms with Gasteiger partial charge in [0.05, 0.1) is 11.7 Å². The summed E-state index contributed by atoms with van der Waals surface area (Å²) in [6.45, 7) is 4.08. The van der Waals surface area contributed by atoms with Gasteiger partial charge in [0.2, 0.25) is 0 Å². The Balaban J connectivity index is 3.12. The highest BCUT2D eigenvalue weighted by atomic mass is 32.2. The van der Waals surface area contributed by atoms with E-state index in [4.69, 9.17) is 15.9 Å². The monoisotopic (exact) mass is 238 g/mol. The molecule has 88 valence electrons. The van der Waals surface area contributed by atoms with Gasteiger partial charge in [0.15, 0.2) is 0 Å². The second kappa shape index (κ2) is 5.80. The minimum atomic E-state index is 0.0586. The fraction of sp³-hybridized carbons (Fsp3) is 0.417. The lowest BCUT2D eigenvalue weighted by atomic mass is 10.2. The molecular weight excluding hydrogens is 220 g/mol. The molecule has 0 heterocycles. The van der Waals surface area contributed by atoms with E-state index in [1.807, 2.05) is 31.4 Å².